The Kier molecular flexibility index (Phi) is 6.42. The lowest BCUT2D eigenvalue weighted by Gasteiger charge is -2.30. The first-order valence-corrected chi connectivity index (χ1v) is 6.27. The van der Waals surface area contributed by atoms with E-state index in [1.54, 1.807) is 0 Å². The van der Waals surface area contributed by atoms with Crippen molar-refractivity contribution in [1.82, 2.24) is 5.32 Å². The van der Waals surface area contributed by atoms with Crippen molar-refractivity contribution in [1.29, 1.82) is 0 Å². The van der Waals surface area contributed by atoms with E-state index >= 15 is 0 Å². The molecule has 4 heteroatoms. The molecule has 0 bridgehead atoms. The number of aliphatic hydroxyl groups excluding tert-OH is 1. The zero-order valence-electron chi connectivity index (χ0n) is 10.1. The quantitative estimate of drug-likeness (QED) is 0.669. The number of ether oxygens (including phenoxy) is 1. The monoisotopic (exact) mass is 229 g/mol. The SMILES string of the molecule is CCOC(=O)CCNC1CCCCC1CO. The highest BCUT2D eigenvalue weighted by Gasteiger charge is 2.23. The minimum Gasteiger partial charge on any atom is -0.466 e. The average Bonchev–Trinajstić information content (AvgIpc) is 2.30. The Hall–Kier alpha value is -0.610. The van der Waals surface area contributed by atoms with Gasteiger partial charge in [-0.05, 0) is 25.7 Å². The summed E-state index contributed by atoms with van der Waals surface area (Å²) in [6.07, 6.45) is 5.04. The maximum absolute atomic E-state index is 11.1. The Bertz CT molecular complexity index is 208. The Morgan fingerprint density at radius 1 is 1.44 bits per heavy atom. The molecule has 0 aromatic heterocycles. The first kappa shape index (κ1) is 13.5. The largest absolute Gasteiger partial charge is 0.466 e. The van der Waals surface area contributed by atoms with Gasteiger partial charge in [-0.25, -0.2) is 0 Å². The van der Waals surface area contributed by atoms with E-state index in [4.69, 9.17) is 4.74 Å². The van der Waals surface area contributed by atoms with Crippen LogP contribution in [0.5, 0.6) is 0 Å². The van der Waals surface area contributed by atoms with Gasteiger partial charge in [0.2, 0.25) is 0 Å². The molecule has 1 aliphatic carbocycles. The second kappa shape index (κ2) is 7.63. The number of aliphatic hydroxyl groups is 1. The van der Waals surface area contributed by atoms with Crippen LogP contribution in [0.1, 0.15) is 39.0 Å². The highest BCUT2D eigenvalue weighted by atomic mass is 16.5. The molecular formula is C12H23NO3. The topological polar surface area (TPSA) is 58.6 Å². The maximum atomic E-state index is 11.1. The van der Waals surface area contributed by atoms with Crippen molar-refractivity contribution in [2.24, 2.45) is 5.92 Å². The van der Waals surface area contributed by atoms with Gasteiger partial charge in [0.1, 0.15) is 0 Å². The first-order valence-electron chi connectivity index (χ1n) is 6.27. The van der Waals surface area contributed by atoms with Gasteiger partial charge in [0.25, 0.3) is 0 Å². The summed E-state index contributed by atoms with van der Waals surface area (Å²) in [5, 5.41) is 12.6. The second-order valence-corrected chi connectivity index (χ2v) is 4.34. The van der Waals surface area contributed by atoms with E-state index in [2.05, 4.69) is 5.32 Å². The lowest BCUT2D eigenvalue weighted by atomic mass is 9.85. The Labute approximate surface area is 97.4 Å². The minimum atomic E-state index is -0.147. The van der Waals surface area contributed by atoms with Crippen molar-refractivity contribution in [3.8, 4) is 0 Å². The summed E-state index contributed by atoms with van der Waals surface area (Å²) >= 11 is 0. The van der Waals surface area contributed by atoms with Crippen LogP contribution >= 0.6 is 0 Å². The minimum absolute atomic E-state index is 0.147. The number of hydrogen-bond donors (Lipinski definition) is 2. The molecule has 0 spiro atoms. The fourth-order valence-electron chi connectivity index (χ4n) is 2.29. The maximum Gasteiger partial charge on any atom is 0.307 e. The van der Waals surface area contributed by atoms with Crippen molar-refractivity contribution in [2.45, 2.75) is 45.1 Å². The van der Waals surface area contributed by atoms with E-state index in [-0.39, 0.29) is 12.6 Å². The smallest absolute Gasteiger partial charge is 0.307 e. The highest BCUT2D eigenvalue weighted by Crippen LogP contribution is 2.23. The van der Waals surface area contributed by atoms with Crippen molar-refractivity contribution in [3.05, 3.63) is 0 Å². The molecule has 1 rings (SSSR count). The Morgan fingerprint density at radius 2 is 2.19 bits per heavy atom. The van der Waals surface area contributed by atoms with Gasteiger partial charge >= 0.3 is 5.97 Å². The molecule has 4 nitrogen and oxygen atoms in total. The normalized spacial score (nSPS) is 25.4. The van der Waals surface area contributed by atoms with Gasteiger partial charge in [-0.1, -0.05) is 12.8 Å². The van der Waals surface area contributed by atoms with Gasteiger partial charge in [0.15, 0.2) is 0 Å². The summed E-state index contributed by atoms with van der Waals surface area (Å²) in [7, 11) is 0. The number of nitrogens with one attached hydrogen (secondary N) is 1. The van der Waals surface area contributed by atoms with Gasteiger partial charge < -0.3 is 15.2 Å². The van der Waals surface area contributed by atoms with Gasteiger partial charge in [0.05, 0.1) is 13.0 Å². The molecule has 0 aromatic rings. The summed E-state index contributed by atoms with van der Waals surface area (Å²) in [6.45, 7) is 3.16. The molecule has 0 radical (unpaired) electrons. The van der Waals surface area contributed by atoms with Crippen molar-refractivity contribution >= 4 is 5.97 Å². The summed E-state index contributed by atoms with van der Waals surface area (Å²) in [6, 6.07) is 0.369. The third-order valence-electron chi connectivity index (χ3n) is 3.18. The van der Waals surface area contributed by atoms with E-state index in [1.807, 2.05) is 6.92 Å². The van der Waals surface area contributed by atoms with E-state index < -0.39 is 0 Å². The van der Waals surface area contributed by atoms with Gasteiger partial charge in [-0.15, -0.1) is 0 Å². The van der Waals surface area contributed by atoms with E-state index in [0.29, 0.717) is 31.5 Å². The zero-order chi connectivity index (χ0) is 11.8. The second-order valence-electron chi connectivity index (χ2n) is 4.34. The van der Waals surface area contributed by atoms with Gasteiger partial charge in [-0.2, -0.15) is 0 Å². The molecule has 0 amide bonds. The highest BCUT2D eigenvalue weighted by molar-refractivity contribution is 5.69. The molecule has 16 heavy (non-hydrogen) atoms. The van der Waals surface area contributed by atoms with Crippen LogP contribution in [0.4, 0.5) is 0 Å². The van der Waals surface area contributed by atoms with E-state index in [0.717, 1.165) is 12.8 Å². The predicted molar refractivity (Wildman–Crippen MR) is 62.1 cm³/mol. The number of hydrogen-bond acceptors (Lipinski definition) is 4. The standard InChI is InChI=1S/C12H23NO3/c1-2-16-12(15)7-8-13-11-6-4-3-5-10(11)9-14/h10-11,13-14H,2-9H2,1H3. The van der Waals surface area contributed by atoms with Crippen molar-refractivity contribution < 1.29 is 14.6 Å². The molecule has 1 aliphatic rings. The van der Waals surface area contributed by atoms with Crippen LogP contribution in [-0.2, 0) is 9.53 Å². The number of rotatable bonds is 6. The third kappa shape index (κ3) is 4.49. The lowest BCUT2D eigenvalue weighted by molar-refractivity contribution is -0.143. The summed E-state index contributed by atoms with van der Waals surface area (Å²) in [4.78, 5) is 11.1. The molecule has 0 aromatic carbocycles. The molecule has 2 atom stereocenters. The van der Waals surface area contributed by atoms with Crippen LogP contribution < -0.4 is 5.32 Å². The summed E-state index contributed by atoms with van der Waals surface area (Å²) in [5.41, 5.74) is 0. The zero-order valence-corrected chi connectivity index (χ0v) is 10.1. The van der Waals surface area contributed by atoms with Crippen LogP contribution in [0.15, 0.2) is 0 Å². The number of carbonyl (C=O) groups is 1. The molecule has 0 saturated heterocycles. The first-order chi connectivity index (χ1) is 7.77. The molecule has 2 unspecified atom stereocenters. The van der Waals surface area contributed by atoms with Gasteiger partial charge in [0, 0.05) is 19.2 Å². The van der Waals surface area contributed by atoms with Crippen LogP contribution in [0.25, 0.3) is 0 Å². The Morgan fingerprint density at radius 3 is 2.88 bits per heavy atom. The molecular weight excluding hydrogens is 206 g/mol. The number of esters is 1. The van der Waals surface area contributed by atoms with E-state index in [9.17, 15) is 9.90 Å². The van der Waals surface area contributed by atoms with Gasteiger partial charge in [-0.3, -0.25) is 4.79 Å². The molecule has 94 valence electrons. The van der Waals surface area contributed by atoms with Crippen molar-refractivity contribution in [3.63, 3.8) is 0 Å². The Balaban J connectivity index is 2.17. The predicted octanol–water partition coefficient (Wildman–Crippen LogP) is 1.08. The molecule has 1 saturated carbocycles. The van der Waals surface area contributed by atoms with Crippen LogP contribution in [-0.4, -0.2) is 36.9 Å². The van der Waals surface area contributed by atoms with Crippen molar-refractivity contribution in [2.75, 3.05) is 19.8 Å². The molecule has 1 fully saturated rings. The molecule has 0 aliphatic heterocycles. The fourth-order valence-corrected chi connectivity index (χ4v) is 2.29. The van der Waals surface area contributed by atoms with E-state index in [1.165, 1.54) is 12.8 Å². The van der Waals surface area contributed by atoms with Crippen LogP contribution in [0, 0.1) is 5.92 Å². The lowest BCUT2D eigenvalue weighted by Crippen LogP contribution is -2.41. The van der Waals surface area contributed by atoms with Crippen LogP contribution in [0.3, 0.4) is 0 Å². The van der Waals surface area contributed by atoms with Crippen LogP contribution in [0.2, 0.25) is 0 Å². The number of carbonyl (C=O) groups excluding carboxylic acids is 1. The summed E-state index contributed by atoms with van der Waals surface area (Å²) < 4.78 is 4.86. The molecule has 2 N–H and O–H groups in total. The fraction of sp³-hybridized carbons (Fsp3) is 0.917. The third-order valence-corrected chi connectivity index (χ3v) is 3.18. The summed E-state index contributed by atoms with van der Waals surface area (Å²) in [5.74, 6) is 0.210. The average molecular weight is 229 g/mol. The molecule has 0 heterocycles.